The summed E-state index contributed by atoms with van der Waals surface area (Å²) in [6, 6.07) is 9.94. The largest absolute Gasteiger partial charge is 0.478 e. The Bertz CT molecular complexity index is 941. The van der Waals surface area contributed by atoms with Crippen molar-refractivity contribution in [2.45, 2.75) is 46.1 Å². The van der Waals surface area contributed by atoms with Gasteiger partial charge in [-0.25, -0.2) is 4.99 Å². The van der Waals surface area contributed by atoms with Crippen molar-refractivity contribution in [3.8, 4) is 5.95 Å². The summed E-state index contributed by atoms with van der Waals surface area (Å²) in [6.07, 6.45) is 4.34. The number of hydrogen-bond acceptors (Lipinski definition) is 5. The van der Waals surface area contributed by atoms with Gasteiger partial charge in [0.05, 0.1) is 12.7 Å². The zero-order valence-corrected chi connectivity index (χ0v) is 17.0. The fourth-order valence-electron chi connectivity index (χ4n) is 3.37. The van der Waals surface area contributed by atoms with E-state index in [1.54, 1.807) is 6.92 Å². The van der Waals surface area contributed by atoms with Crippen molar-refractivity contribution < 1.29 is 13.9 Å². The third kappa shape index (κ3) is 4.35. The van der Waals surface area contributed by atoms with Crippen LogP contribution in [0.2, 0.25) is 0 Å². The molecule has 0 N–H and O–H groups in total. The molecule has 0 bridgehead atoms. The lowest BCUT2D eigenvalue weighted by Gasteiger charge is -2.12. The van der Waals surface area contributed by atoms with Crippen molar-refractivity contribution >= 4 is 12.0 Å². The van der Waals surface area contributed by atoms with E-state index >= 15 is 0 Å². The number of hydrogen-bond donors (Lipinski definition) is 0. The van der Waals surface area contributed by atoms with Crippen LogP contribution in [0.3, 0.4) is 0 Å². The van der Waals surface area contributed by atoms with Crippen molar-refractivity contribution in [3.63, 3.8) is 0 Å². The van der Waals surface area contributed by atoms with E-state index in [2.05, 4.69) is 30.1 Å². The molecule has 0 saturated carbocycles. The predicted molar refractivity (Wildman–Crippen MR) is 111 cm³/mol. The molecule has 3 rings (SSSR count). The molecule has 0 spiro atoms. The van der Waals surface area contributed by atoms with Crippen LogP contribution in [-0.4, -0.2) is 19.6 Å². The van der Waals surface area contributed by atoms with Gasteiger partial charge < -0.3 is 13.9 Å². The smallest absolute Gasteiger partial charge is 0.291 e. The Morgan fingerprint density at radius 1 is 1.32 bits per heavy atom. The lowest BCUT2D eigenvalue weighted by molar-refractivity contribution is 0.252. The molecule has 0 aliphatic carbocycles. The molecular formula is C23H27NO4. The molecule has 2 heterocycles. The monoisotopic (exact) mass is 381 g/mol. The fraction of sp³-hybridized carbons (Fsp3) is 0.391. The van der Waals surface area contributed by atoms with Crippen LogP contribution in [0.1, 0.15) is 55.2 Å². The van der Waals surface area contributed by atoms with Crippen molar-refractivity contribution in [3.05, 3.63) is 68.6 Å². The molecule has 28 heavy (non-hydrogen) atoms. The van der Waals surface area contributed by atoms with E-state index in [4.69, 9.17) is 13.9 Å². The molecule has 1 unspecified atom stereocenters. The Morgan fingerprint density at radius 3 is 2.75 bits per heavy atom. The second-order valence-corrected chi connectivity index (χ2v) is 7.00. The van der Waals surface area contributed by atoms with Gasteiger partial charge in [0.2, 0.25) is 0 Å². The van der Waals surface area contributed by atoms with Crippen molar-refractivity contribution in [2.24, 2.45) is 4.99 Å². The van der Waals surface area contributed by atoms with Gasteiger partial charge in [0.1, 0.15) is 18.4 Å². The van der Waals surface area contributed by atoms with Crippen LogP contribution >= 0.6 is 0 Å². The van der Waals surface area contributed by atoms with Crippen molar-refractivity contribution in [1.82, 2.24) is 0 Å². The SMILES string of the molecule is CCc1c(C2COC(CC/C(C)=C/c3ccccc3)=N2)oc(OC)c(C)c1=O. The molecule has 1 aliphatic heterocycles. The van der Waals surface area contributed by atoms with Crippen molar-refractivity contribution in [2.75, 3.05) is 13.7 Å². The molecule has 0 radical (unpaired) electrons. The average molecular weight is 381 g/mol. The third-order valence-electron chi connectivity index (χ3n) is 4.92. The van der Waals surface area contributed by atoms with Crippen LogP contribution < -0.4 is 10.2 Å². The summed E-state index contributed by atoms with van der Waals surface area (Å²) in [5, 5.41) is 0. The topological polar surface area (TPSA) is 61.0 Å². The van der Waals surface area contributed by atoms with Gasteiger partial charge in [-0.1, -0.05) is 48.9 Å². The first-order valence-electron chi connectivity index (χ1n) is 9.65. The van der Waals surface area contributed by atoms with Crippen LogP contribution in [0.5, 0.6) is 5.95 Å². The number of methoxy groups -OCH3 is 1. The Balaban J connectivity index is 1.74. The zero-order chi connectivity index (χ0) is 20.1. The molecule has 1 aromatic carbocycles. The molecule has 1 atom stereocenters. The molecule has 148 valence electrons. The summed E-state index contributed by atoms with van der Waals surface area (Å²) >= 11 is 0. The molecule has 1 aromatic heterocycles. The molecule has 2 aromatic rings. The van der Waals surface area contributed by atoms with Gasteiger partial charge in [0.15, 0.2) is 11.3 Å². The Kier molecular flexibility index (Phi) is 6.34. The zero-order valence-electron chi connectivity index (χ0n) is 17.0. The molecule has 0 saturated heterocycles. The fourth-order valence-corrected chi connectivity index (χ4v) is 3.37. The Morgan fingerprint density at radius 2 is 2.07 bits per heavy atom. The molecule has 0 fully saturated rings. The first-order chi connectivity index (χ1) is 13.5. The maximum atomic E-state index is 12.6. The number of aliphatic imine (C=N–C) groups is 1. The van der Waals surface area contributed by atoms with Gasteiger partial charge in [0, 0.05) is 12.0 Å². The first kappa shape index (κ1) is 19.9. The highest BCUT2D eigenvalue weighted by molar-refractivity contribution is 5.78. The van der Waals surface area contributed by atoms with Crippen LogP contribution in [0.4, 0.5) is 0 Å². The predicted octanol–water partition coefficient (Wildman–Crippen LogP) is 4.87. The summed E-state index contributed by atoms with van der Waals surface area (Å²) in [6.45, 7) is 6.16. The quantitative estimate of drug-likeness (QED) is 0.686. The molecule has 5 heteroatoms. The van der Waals surface area contributed by atoms with Crippen LogP contribution in [0.25, 0.3) is 6.08 Å². The molecular weight excluding hydrogens is 354 g/mol. The maximum absolute atomic E-state index is 12.6. The van der Waals surface area contributed by atoms with E-state index in [-0.39, 0.29) is 17.4 Å². The number of allylic oxidation sites excluding steroid dienone is 1. The number of nitrogens with zero attached hydrogens (tertiary/aromatic N) is 1. The van der Waals surface area contributed by atoms with Gasteiger partial charge in [0.25, 0.3) is 5.95 Å². The highest BCUT2D eigenvalue weighted by Crippen LogP contribution is 2.30. The summed E-state index contributed by atoms with van der Waals surface area (Å²) in [5.74, 6) is 1.51. The van der Waals surface area contributed by atoms with Gasteiger partial charge in [-0.2, -0.15) is 0 Å². The van der Waals surface area contributed by atoms with Crippen LogP contribution in [0, 0.1) is 6.92 Å². The lowest BCUT2D eigenvalue weighted by Crippen LogP contribution is -2.17. The second-order valence-electron chi connectivity index (χ2n) is 7.00. The van der Waals surface area contributed by atoms with E-state index < -0.39 is 0 Å². The van der Waals surface area contributed by atoms with E-state index in [0.717, 1.165) is 12.8 Å². The second kappa shape index (κ2) is 8.91. The normalized spacial score (nSPS) is 16.6. The van der Waals surface area contributed by atoms with Crippen molar-refractivity contribution in [1.29, 1.82) is 0 Å². The third-order valence-corrected chi connectivity index (χ3v) is 4.92. The summed E-state index contributed by atoms with van der Waals surface area (Å²) in [7, 11) is 1.50. The average Bonchev–Trinajstić information content (AvgIpc) is 3.18. The van der Waals surface area contributed by atoms with Crippen LogP contribution in [-0.2, 0) is 11.2 Å². The number of benzene rings is 1. The maximum Gasteiger partial charge on any atom is 0.291 e. The Labute approximate surface area is 165 Å². The van der Waals surface area contributed by atoms with Gasteiger partial charge in [-0.3, -0.25) is 4.79 Å². The number of rotatable bonds is 7. The van der Waals surface area contributed by atoms with Gasteiger partial charge in [-0.05, 0) is 32.3 Å². The minimum Gasteiger partial charge on any atom is -0.478 e. The van der Waals surface area contributed by atoms with Crippen LogP contribution in [0.15, 0.2) is 50.1 Å². The Hall–Kier alpha value is -2.82. The first-order valence-corrected chi connectivity index (χ1v) is 9.65. The highest BCUT2D eigenvalue weighted by atomic mass is 16.6. The van der Waals surface area contributed by atoms with E-state index in [9.17, 15) is 4.79 Å². The minimum atomic E-state index is -0.300. The standard InChI is InChI=1S/C23H27NO4/c1-5-18-21(25)16(3)23(26-4)28-22(18)19-14-27-20(24-19)12-11-15(2)13-17-9-7-6-8-10-17/h6-10,13,19H,5,11-12,14H2,1-4H3/b15-13+. The molecule has 0 amide bonds. The summed E-state index contributed by atoms with van der Waals surface area (Å²) < 4.78 is 16.9. The lowest BCUT2D eigenvalue weighted by atomic mass is 10.0. The van der Waals surface area contributed by atoms with E-state index in [0.29, 0.717) is 35.8 Å². The minimum absolute atomic E-state index is 0.0362. The number of ether oxygens (including phenoxy) is 2. The van der Waals surface area contributed by atoms with E-state index in [1.807, 2.05) is 25.1 Å². The summed E-state index contributed by atoms with van der Waals surface area (Å²) in [4.78, 5) is 17.3. The van der Waals surface area contributed by atoms with Gasteiger partial charge >= 0.3 is 0 Å². The highest BCUT2D eigenvalue weighted by Gasteiger charge is 2.28. The van der Waals surface area contributed by atoms with E-state index in [1.165, 1.54) is 18.2 Å². The van der Waals surface area contributed by atoms with Gasteiger partial charge in [-0.15, -0.1) is 0 Å². The summed E-state index contributed by atoms with van der Waals surface area (Å²) in [5.41, 5.74) is 3.56. The molecule has 1 aliphatic rings. The molecule has 5 nitrogen and oxygen atoms in total.